The second-order valence-corrected chi connectivity index (χ2v) is 16.4. The molecular weight excluding hydrogens is 649 g/mol. The quantitative estimate of drug-likeness (QED) is 0.0354. The zero-order valence-electron chi connectivity index (χ0n) is 35.4. The molecular formula is C46H88O6. The van der Waals surface area contributed by atoms with Crippen LogP contribution in [0.2, 0.25) is 0 Å². The van der Waals surface area contributed by atoms with E-state index in [9.17, 15) is 14.4 Å². The zero-order valence-corrected chi connectivity index (χ0v) is 35.4. The molecule has 0 rings (SSSR count). The molecule has 0 saturated heterocycles. The lowest BCUT2D eigenvalue weighted by atomic mass is 9.99. The molecule has 0 bridgehead atoms. The summed E-state index contributed by atoms with van der Waals surface area (Å²) in [4.78, 5) is 37.6. The Morgan fingerprint density at radius 2 is 0.731 bits per heavy atom. The number of esters is 3. The molecule has 0 spiro atoms. The fourth-order valence-corrected chi connectivity index (χ4v) is 6.72. The van der Waals surface area contributed by atoms with Gasteiger partial charge in [0.2, 0.25) is 0 Å². The summed E-state index contributed by atoms with van der Waals surface area (Å²) in [6, 6.07) is 0. The summed E-state index contributed by atoms with van der Waals surface area (Å²) >= 11 is 0. The van der Waals surface area contributed by atoms with E-state index in [-0.39, 0.29) is 31.1 Å². The van der Waals surface area contributed by atoms with Gasteiger partial charge in [-0.15, -0.1) is 0 Å². The first-order valence-corrected chi connectivity index (χ1v) is 22.8. The summed E-state index contributed by atoms with van der Waals surface area (Å²) in [7, 11) is 0. The van der Waals surface area contributed by atoms with Gasteiger partial charge in [-0.1, -0.05) is 208 Å². The van der Waals surface area contributed by atoms with Gasteiger partial charge in [0.15, 0.2) is 6.10 Å². The molecule has 0 N–H and O–H groups in total. The summed E-state index contributed by atoms with van der Waals surface area (Å²) in [5.41, 5.74) is 0. The Hall–Kier alpha value is -1.59. The van der Waals surface area contributed by atoms with E-state index in [0.717, 1.165) is 69.6 Å². The summed E-state index contributed by atoms with van der Waals surface area (Å²) in [6.45, 7) is 11.3. The first-order chi connectivity index (χ1) is 25.3. The minimum absolute atomic E-state index is 0.0654. The Balaban J connectivity index is 4.32. The van der Waals surface area contributed by atoms with Crippen LogP contribution in [0.5, 0.6) is 0 Å². The van der Waals surface area contributed by atoms with Crippen molar-refractivity contribution in [1.29, 1.82) is 0 Å². The topological polar surface area (TPSA) is 78.9 Å². The third kappa shape index (κ3) is 38.1. The summed E-state index contributed by atoms with van der Waals surface area (Å²) in [5, 5.41) is 0. The van der Waals surface area contributed by atoms with Crippen molar-refractivity contribution in [3.8, 4) is 0 Å². The first-order valence-electron chi connectivity index (χ1n) is 22.8. The molecule has 0 saturated carbocycles. The average molecular weight is 737 g/mol. The van der Waals surface area contributed by atoms with Crippen molar-refractivity contribution in [2.75, 3.05) is 13.2 Å². The number of carbonyl (C=O) groups is 3. The molecule has 0 radical (unpaired) electrons. The van der Waals surface area contributed by atoms with E-state index in [0.29, 0.717) is 19.3 Å². The van der Waals surface area contributed by atoms with Crippen LogP contribution in [-0.2, 0) is 28.6 Å². The highest BCUT2D eigenvalue weighted by molar-refractivity contribution is 5.71. The summed E-state index contributed by atoms with van der Waals surface area (Å²) < 4.78 is 16.7. The SMILES string of the molecule is CCCCCCCCCCCC(=O)OC[C@@H](COC(=O)CCCCCCCCCCCCC(C)CC)OC(=O)CCCCCCCCCCC(C)C. The largest absolute Gasteiger partial charge is 0.462 e. The lowest BCUT2D eigenvalue weighted by Gasteiger charge is -2.18. The van der Waals surface area contributed by atoms with Crippen LogP contribution in [0.4, 0.5) is 0 Å². The van der Waals surface area contributed by atoms with Crippen LogP contribution >= 0.6 is 0 Å². The molecule has 0 fully saturated rings. The Kier molecular flexibility index (Phi) is 37.9. The molecule has 6 heteroatoms. The van der Waals surface area contributed by atoms with Crippen molar-refractivity contribution < 1.29 is 28.6 Å². The Morgan fingerprint density at radius 1 is 0.404 bits per heavy atom. The number of unbranched alkanes of at least 4 members (excludes halogenated alkanes) is 24. The third-order valence-corrected chi connectivity index (χ3v) is 10.6. The highest BCUT2D eigenvalue weighted by Crippen LogP contribution is 2.17. The minimum atomic E-state index is -0.760. The van der Waals surface area contributed by atoms with E-state index in [4.69, 9.17) is 14.2 Å². The molecule has 0 aliphatic rings. The van der Waals surface area contributed by atoms with Crippen LogP contribution < -0.4 is 0 Å². The molecule has 0 aromatic rings. The van der Waals surface area contributed by atoms with E-state index >= 15 is 0 Å². The molecule has 0 aliphatic heterocycles. The van der Waals surface area contributed by atoms with Crippen molar-refractivity contribution in [3.05, 3.63) is 0 Å². The van der Waals surface area contributed by atoms with Gasteiger partial charge in [-0.2, -0.15) is 0 Å². The van der Waals surface area contributed by atoms with Crippen LogP contribution in [0.1, 0.15) is 247 Å². The smallest absolute Gasteiger partial charge is 0.306 e. The van der Waals surface area contributed by atoms with Gasteiger partial charge in [0, 0.05) is 19.3 Å². The Morgan fingerprint density at radius 3 is 1.10 bits per heavy atom. The van der Waals surface area contributed by atoms with E-state index < -0.39 is 6.10 Å². The molecule has 1 unspecified atom stereocenters. The molecule has 6 nitrogen and oxygen atoms in total. The van der Waals surface area contributed by atoms with Crippen molar-refractivity contribution in [2.24, 2.45) is 11.8 Å². The first kappa shape index (κ1) is 50.4. The van der Waals surface area contributed by atoms with Crippen molar-refractivity contribution in [1.82, 2.24) is 0 Å². The number of ether oxygens (including phenoxy) is 3. The molecule has 0 amide bonds. The minimum Gasteiger partial charge on any atom is -0.462 e. The fourth-order valence-electron chi connectivity index (χ4n) is 6.72. The Labute approximate surface area is 323 Å². The third-order valence-electron chi connectivity index (χ3n) is 10.6. The maximum atomic E-state index is 12.7. The van der Waals surface area contributed by atoms with Crippen molar-refractivity contribution >= 4 is 17.9 Å². The number of hydrogen-bond donors (Lipinski definition) is 0. The molecule has 0 aliphatic carbocycles. The Bertz CT molecular complexity index is 796. The fraction of sp³-hybridized carbons (Fsp3) is 0.935. The van der Waals surface area contributed by atoms with Crippen LogP contribution in [0, 0.1) is 11.8 Å². The average Bonchev–Trinajstić information content (AvgIpc) is 3.12. The standard InChI is InChI=1S/C46H88O6/c1-6-8-9-10-11-14-21-26-31-36-44(47)50-39-43(52-46(49)38-33-28-23-18-17-19-24-29-34-41(3)4)40-51-45(48)37-32-27-22-16-13-12-15-20-25-30-35-42(5)7-2/h41-43H,6-40H2,1-5H3/t42?,43-/m0/s1. The lowest BCUT2D eigenvalue weighted by Crippen LogP contribution is -2.30. The van der Waals surface area contributed by atoms with Crippen LogP contribution in [0.25, 0.3) is 0 Å². The molecule has 52 heavy (non-hydrogen) atoms. The van der Waals surface area contributed by atoms with Gasteiger partial charge >= 0.3 is 17.9 Å². The highest BCUT2D eigenvalue weighted by atomic mass is 16.6. The number of hydrogen-bond acceptors (Lipinski definition) is 6. The van der Waals surface area contributed by atoms with Gasteiger partial charge in [-0.3, -0.25) is 14.4 Å². The molecule has 0 aromatic heterocycles. The van der Waals surface area contributed by atoms with Gasteiger partial charge in [0.25, 0.3) is 0 Å². The monoisotopic (exact) mass is 737 g/mol. The molecule has 2 atom stereocenters. The van der Waals surface area contributed by atoms with Gasteiger partial charge in [0.05, 0.1) is 0 Å². The predicted octanol–water partition coefficient (Wildman–Crippen LogP) is 14.2. The normalized spacial score (nSPS) is 12.6. The van der Waals surface area contributed by atoms with Crippen LogP contribution in [0.3, 0.4) is 0 Å². The summed E-state index contributed by atoms with van der Waals surface area (Å²) in [6.07, 6.45) is 36.6. The van der Waals surface area contributed by atoms with Gasteiger partial charge in [-0.05, 0) is 31.1 Å². The molecule has 0 heterocycles. The molecule has 0 aromatic carbocycles. The zero-order chi connectivity index (χ0) is 38.3. The van der Waals surface area contributed by atoms with Crippen LogP contribution in [-0.4, -0.2) is 37.2 Å². The van der Waals surface area contributed by atoms with Crippen LogP contribution in [0.15, 0.2) is 0 Å². The highest BCUT2D eigenvalue weighted by Gasteiger charge is 2.19. The van der Waals surface area contributed by atoms with Crippen molar-refractivity contribution in [2.45, 2.75) is 253 Å². The maximum absolute atomic E-state index is 12.7. The number of carbonyl (C=O) groups excluding carboxylic acids is 3. The van der Waals surface area contributed by atoms with E-state index in [2.05, 4.69) is 34.6 Å². The van der Waals surface area contributed by atoms with E-state index in [1.807, 2.05) is 0 Å². The predicted molar refractivity (Wildman–Crippen MR) is 220 cm³/mol. The summed E-state index contributed by atoms with van der Waals surface area (Å²) in [5.74, 6) is 0.801. The molecule has 308 valence electrons. The maximum Gasteiger partial charge on any atom is 0.306 e. The second kappa shape index (κ2) is 39.1. The number of rotatable bonds is 40. The lowest BCUT2D eigenvalue weighted by molar-refractivity contribution is -0.167. The van der Waals surface area contributed by atoms with Gasteiger partial charge < -0.3 is 14.2 Å². The van der Waals surface area contributed by atoms with Gasteiger partial charge in [0.1, 0.15) is 13.2 Å². The van der Waals surface area contributed by atoms with E-state index in [1.165, 1.54) is 135 Å². The van der Waals surface area contributed by atoms with Gasteiger partial charge in [-0.25, -0.2) is 0 Å². The second-order valence-electron chi connectivity index (χ2n) is 16.4. The van der Waals surface area contributed by atoms with E-state index in [1.54, 1.807) is 0 Å². The van der Waals surface area contributed by atoms with Crippen molar-refractivity contribution in [3.63, 3.8) is 0 Å².